The monoisotopic (exact) mass is 338 g/mol. The molecule has 25 heavy (non-hydrogen) atoms. The second-order valence-electron chi connectivity index (χ2n) is 6.89. The molecule has 2 aromatic rings. The van der Waals surface area contributed by atoms with Gasteiger partial charge in [0.05, 0.1) is 26.2 Å². The Labute approximate surface area is 150 Å². The molecule has 1 N–H and O–H groups in total. The summed E-state index contributed by atoms with van der Waals surface area (Å²) in [5.74, 6) is 0.186. The summed E-state index contributed by atoms with van der Waals surface area (Å²) in [7, 11) is 1.87. The first-order valence-electron chi connectivity index (χ1n) is 9.05. The van der Waals surface area contributed by atoms with Crippen molar-refractivity contribution in [3.05, 3.63) is 60.2 Å². The number of carbonyl (C=O) groups excluding carboxylic acids is 1. The molecule has 1 atom stereocenters. The van der Waals surface area contributed by atoms with E-state index in [2.05, 4.69) is 43.0 Å². The lowest BCUT2D eigenvalue weighted by Gasteiger charge is -2.37. The molecule has 0 aromatic heterocycles. The van der Waals surface area contributed by atoms with Crippen LogP contribution in [0.25, 0.3) is 0 Å². The van der Waals surface area contributed by atoms with Gasteiger partial charge in [-0.05, 0) is 37.6 Å². The van der Waals surface area contributed by atoms with E-state index in [0.29, 0.717) is 0 Å². The topological polar surface area (TPSA) is 28.0 Å². The number of amides is 1. The summed E-state index contributed by atoms with van der Waals surface area (Å²) in [6.07, 6.45) is 0. The fourth-order valence-corrected chi connectivity index (χ4v) is 3.63. The van der Waals surface area contributed by atoms with E-state index in [1.54, 1.807) is 4.90 Å². The minimum Gasteiger partial charge on any atom is -0.360 e. The van der Waals surface area contributed by atoms with E-state index in [9.17, 15) is 4.79 Å². The molecule has 132 valence electrons. The maximum absolute atomic E-state index is 12.8. The number of aryl methyl sites for hydroxylation is 1. The largest absolute Gasteiger partial charge is 0.360 e. The Morgan fingerprint density at radius 1 is 1.04 bits per heavy atom. The number of nitrogens with zero attached hydrogens (tertiary/aromatic N) is 2. The number of quaternary nitrogens is 1. The molecule has 4 heteroatoms. The van der Waals surface area contributed by atoms with Crippen LogP contribution in [0.1, 0.15) is 12.5 Å². The van der Waals surface area contributed by atoms with Crippen molar-refractivity contribution in [1.82, 2.24) is 0 Å². The van der Waals surface area contributed by atoms with Gasteiger partial charge >= 0.3 is 0 Å². The van der Waals surface area contributed by atoms with Crippen molar-refractivity contribution in [2.75, 3.05) is 43.0 Å². The molecule has 0 saturated carbocycles. The summed E-state index contributed by atoms with van der Waals surface area (Å²) in [5, 5.41) is 0. The summed E-state index contributed by atoms with van der Waals surface area (Å²) in [4.78, 5) is 18.4. The molecule has 0 aliphatic carbocycles. The fraction of sp³-hybridized carbons (Fsp3) is 0.381. The zero-order valence-electron chi connectivity index (χ0n) is 15.4. The Balaban J connectivity index is 1.61. The fourth-order valence-electron chi connectivity index (χ4n) is 3.63. The van der Waals surface area contributed by atoms with Crippen molar-refractivity contribution in [2.24, 2.45) is 0 Å². The summed E-state index contributed by atoms with van der Waals surface area (Å²) in [6.45, 7) is 8.18. The Kier molecular flexibility index (Phi) is 5.39. The lowest BCUT2D eigenvalue weighted by molar-refractivity contribution is -0.914. The highest BCUT2D eigenvalue weighted by Gasteiger charge is 2.31. The van der Waals surface area contributed by atoms with Gasteiger partial charge in [-0.2, -0.15) is 0 Å². The average molecular weight is 338 g/mol. The second kappa shape index (κ2) is 7.70. The molecule has 1 amide bonds. The van der Waals surface area contributed by atoms with E-state index in [1.165, 1.54) is 16.2 Å². The summed E-state index contributed by atoms with van der Waals surface area (Å²) >= 11 is 0. The van der Waals surface area contributed by atoms with Crippen LogP contribution in [0.5, 0.6) is 0 Å². The third-order valence-corrected chi connectivity index (χ3v) is 5.32. The zero-order valence-corrected chi connectivity index (χ0v) is 15.4. The van der Waals surface area contributed by atoms with Gasteiger partial charge in [-0.1, -0.05) is 36.4 Å². The summed E-state index contributed by atoms with van der Waals surface area (Å²) in [6, 6.07) is 18.4. The van der Waals surface area contributed by atoms with Crippen LogP contribution in [0.2, 0.25) is 0 Å². The van der Waals surface area contributed by atoms with Crippen LogP contribution >= 0.6 is 0 Å². The molecule has 0 radical (unpaired) electrons. The lowest BCUT2D eigenvalue weighted by Crippen LogP contribution is -3.19. The smallest absolute Gasteiger partial charge is 0.284 e. The van der Waals surface area contributed by atoms with Crippen LogP contribution < -0.4 is 14.7 Å². The number of hydrogen-bond donors (Lipinski definition) is 1. The number of para-hydroxylation sites is 2. The van der Waals surface area contributed by atoms with Crippen molar-refractivity contribution in [1.29, 1.82) is 0 Å². The number of anilines is 2. The van der Waals surface area contributed by atoms with E-state index >= 15 is 0 Å². The molecule has 2 aromatic carbocycles. The molecule has 1 saturated heterocycles. The van der Waals surface area contributed by atoms with E-state index in [4.69, 9.17) is 0 Å². The quantitative estimate of drug-likeness (QED) is 0.920. The molecule has 0 spiro atoms. The number of piperazine rings is 1. The molecule has 3 rings (SSSR count). The molecule has 1 aliphatic heterocycles. The minimum absolute atomic E-state index is 0.0239. The van der Waals surface area contributed by atoms with Gasteiger partial charge < -0.3 is 14.7 Å². The summed E-state index contributed by atoms with van der Waals surface area (Å²) in [5.41, 5.74) is 3.60. The lowest BCUT2D eigenvalue weighted by atomic mass is 10.1. The van der Waals surface area contributed by atoms with Gasteiger partial charge in [-0.15, -0.1) is 0 Å². The molecule has 1 heterocycles. The van der Waals surface area contributed by atoms with Gasteiger partial charge in [-0.3, -0.25) is 4.79 Å². The van der Waals surface area contributed by atoms with Crippen molar-refractivity contribution in [3.63, 3.8) is 0 Å². The second-order valence-corrected chi connectivity index (χ2v) is 6.89. The number of carbonyl (C=O) groups is 1. The maximum atomic E-state index is 12.8. The standard InChI is InChI=1S/C21H27N3O/c1-17-9-7-8-12-20(17)24-15-13-23(14-16-24)18(2)21(25)22(3)19-10-5-4-6-11-19/h4-12,18H,13-16H2,1-3H3/p+1/t18-/m0/s1. The highest BCUT2D eigenvalue weighted by Crippen LogP contribution is 2.19. The number of rotatable bonds is 4. The van der Waals surface area contributed by atoms with Crippen LogP contribution in [-0.4, -0.2) is 45.2 Å². The Bertz CT molecular complexity index is 708. The van der Waals surface area contributed by atoms with Gasteiger partial charge in [0, 0.05) is 18.4 Å². The van der Waals surface area contributed by atoms with Gasteiger partial charge in [0.15, 0.2) is 6.04 Å². The third-order valence-electron chi connectivity index (χ3n) is 5.32. The first kappa shape index (κ1) is 17.5. The number of nitrogens with one attached hydrogen (secondary N) is 1. The van der Waals surface area contributed by atoms with Gasteiger partial charge in [0.2, 0.25) is 0 Å². The van der Waals surface area contributed by atoms with Crippen molar-refractivity contribution in [3.8, 4) is 0 Å². The predicted octanol–water partition coefficient (Wildman–Crippen LogP) is 1.75. The molecule has 0 unspecified atom stereocenters. The van der Waals surface area contributed by atoms with Crippen molar-refractivity contribution in [2.45, 2.75) is 19.9 Å². The molecule has 1 fully saturated rings. The number of likely N-dealkylation sites (N-methyl/N-ethyl adjacent to an activating group) is 1. The van der Waals surface area contributed by atoms with Crippen LogP contribution in [0.15, 0.2) is 54.6 Å². The predicted molar refractivity (Wildman–Crippen MR) is 103 cm³/mol. The van der Waals surface area contributed by atoms with Crippen molar-refractivity contribution < 1.29 is 9.69 Å². The van der Waals surface area contributed by atoms with Gasteiger partial charge in [-0.25, -0.2) is 0 Å². The maximum Gasteiger partial charge on any atom is 0.284 e. The van der Waals surface area contributed by atoms with Gasteiger partial charge in [0.1, 0.15) is 0 Å². The minimum atomic E-state index is -0.0239. The Morgan fingerprint density at radius 3 is 2.28 bits per heavy atom. The average Bonchev–Trinajstić information content (AvgIpc) is 2.67. The SMILES string of the molecule is Cc1ccccc1N1CC[NH+]([C@@H](C)C(=O)N(C)c2ccccc2)CC1. The molecular formula is C21H28N3O+. The van der Waals surface area contributed by atoms with E-state index < -0.39 is 0 Å². The number of hydrogen-bond acceptors (Lipinski definition) is 2. The zero-order chi connectivity index (χ0) is 17.8. The van der Waals surface area contributed by atoms with Crippen molar-refractivity contribution >= 4 is 17.3 Å². The summed E-state index contributed by atoms with van der Waals surface area (Å²) < 4.78 is 0. The highest BCUT2D eigenvalue weighted by atomic mass is 16.2. The van der Waals surface area contributed by atoms with E-state index in [1.807, 2.05) is 37.4 Å². The van der Waals surface area contributed by atoms with Crippen LogP contribution in [0.4, 0.5) is 11.4 Å². The Morgan fingerprint density at radius 2 is 1.64 bits per heavy atom. The van der Waals surface area contributed by atoms with Gasteiger partial charge in [0.25, 0.3) is 5.91 Å². The Hall–Kier alpha value is -2.33. The molecule has 0 bridgehead atoms. The van der Waals surface area contributed by atoms with E-state index in [0.717, 1.165) is 31.9 Å². The molecule has 4 nitrogen and oxygen atoms in total. The van der Waals surface area contributed by atoms with E-state index in [-0.39, 0.29) is 11.9 Å². The first-order valence-corrected chi connectivity index (χ1v) is 9.05. The molecule has 1 aliphatic rings. The third kappa shape index (κ3) is 3.85. The van der Waals surface area contributed by atoms with Crippen LogP contribution in [-0.2, 0) is 4.79 Å². The normalized spacial score (nSPS) is 16.5. The van der Waals surface area contributed by atoms with Crippen LogP contribution in [0, 0.1) is 6.92 Å². The first-order chi connectivity index (χ1) is 12.1. The molecular weight excluding hydrogens is 310 g/mol. The van der Waals surface area contributed by atoms with Crippen LogP contribution in [0.3, 0.4) is 0 Å². The number of benzene rings is 2. The highest BCUT2D eigenvalue weighted by molar-refractivity contribution is 5.95.